The number of ether oxygens (including phenoxy) is 2. The Kier molecular flexibility index (Phi) is 6.90. The van der Waals surface area contributed by atoms with E-state index in [0.717, 1.165) is 0 Å². The highest BCUT2D eigenvalue weighted by Crippen LogP contribution is 2.51. The maximum Gasteiger partial charge on any atom is 0.143 e. The second kappa shape index (κ2) is 20.0. The predicted molar refractivity (Wildman–Crippen MR) is 321 cm³/mol. The first-order chi connectivity index (χ1) is 49.0. The van der Waals surface area contributed by atoms with Crippen LogP contribution in [0, 0.1) is 0 Å². The molecule has 0 bridgehead atoms. The minimum absolute atomic E-state index is 0.00156. The smallest absolute Gasteiger partial charge is 0.143 e. The number of hydrogen-bond acceptors (Lipinski definition) is 5. The molecule has 0 N–H and O–H groups in total. The molecule has 0 saturated carbocycles. The van der Waals surface area contributed by atoms with Gasteiger partial charge in [0.15, 0.2) is 0 Å². The highest BCUT2D eigenvalue weighted by atomic mass is 16.5. The summed E-state index contributed by atoms with van der Waals surface area (Å²) in [5, 5.41) is 1.06. The summed E-state index contributed by atoms with van der Waals surface area (Å²) >= 11 is 0. The van der Waals surface area contributed by atoms with Crippen molar-refractivity contribution >= 4 is 44.6 Å². The number of nitrogens with zero attached hydrogens (tertiary/aromatic N) is 4. The maximum atomic E-state index is 9.13. The van der Waals surface area contributed by atoms with Gasteiger partial charge < -0.3 is 19.3 Å². The Bertz CT molecular complexity index is 5550. The molecule has 3 heterocycles. The minimum atomic E-state index is -0.676. The van der Waals surface area contributed by atoms with Gasteiger partial charge in [-0.3, -0.25) is 4.57 Å². The zero-order chi connectivity index (χ0) is 73.5. The van der Waals surface area contributed by atoms with Crippen molar-refractivity contribution in [1.82, 2.24) is 9.55 Å². The van der Waals surface area contributed by atoms with Crippen molar-refractivity contribution in [2.45, 2.75) is 0 Å². The van der Waals surface area contributed by atoms with E-state index < -0.39 is 151 Å². The zero-order valence-corrected chi connectivity index (χ0v) is 40.6. The lowest BCUT2D eigenvalue weighted by Crippen LogP contribution is -2.24. The number of para-hydroxylation sites is 4. The van der Waals surface area contributed by atoms with E-state index in [0.29, 0.717) is 44.6 Å². The van der Waals surface area contributed by atoms with E-state index in [-0.39, 0.29) is 91.1 Å². The van der Waals surface area contributed by atoms with E-state index in [9.17, 15) is 0 Å². The highest BCUT2D eigenvalue weighted by molar-refractivity contribution is 6.11. The molecule has 1 aliphatic rings. The number of anilines is 4. The van der Waals surface area contributed by atoms with E-state index in [2.05, 4.69) is 0 Å². The van der Waals surface area contributed by atoms with Crippen LogP contribution in [-0.4, -0.2) is 16.2 Å². The van der Waals surface area contributed by atoms with Crippen molar-refractivity contribution < 1.29 is 43.7 Å². The van der Waals surface area contributed by atoms with Crippen LogP contribution in [0.5, 0.6) is 23.0 Å². The molecule has 0 atom stereocenters. The van der Waals surface area contributed by atoms with Gasteiger partial charge in [0.2, 0.25) is 0 Å². The van der Waals surface area contributed by atoms with Gasteiger partial charge in [-0.25, -0.2) is 4.98 Å². The number of rotatable bonds is 12. The van der Waals surface area contributed by atoms with Crippen LogP contribution in [-0.2, 0) is 0 Å². The number of aromatic nitrogens is 2. The SMILES string of the molecule is [2H]c1c([2H])c([2H])c(-c2ccc3c(c2)c2ccc(Oc4cccc(N5CN(c6c(-c7c([2H])c([2H])c([2H])c([2H])c7[2H])cccc6-c6c([2H])c([2H])c([2H])c([2H])c6[2H])c6ccccc65)c4)cc2n3-c2cc(Oc3c(-c4c([2H])c([2H])c([2H])c([2H])c4[2H])cccc3-c3c([2H])c([2H])c([2H])c([2H])c3[2H])ccn2)c([2H])c1[2H]. The van der Waals surface area contributed by atoms with Crippen LogP contribution in [0.15, 0.2) is 291 Å². The number of hydrogen-bond donors (Lipinski definition) is 0. The molecule has 11 aromatic carbocycles. The quantitative estimate of drug-likeness (QED) is 0.122. The van der Waals surface area contributed by atoms with Gasteiger partial charge in [0, 0.05) is 63.1 Å². The summed E-state index contributed by atoms with van der Waals surface area (Å²) in [5.74, 6) is 0.485. The highest BCUT2D eigenvalue weighted by Gasteiger charge is 2.31. The Hall–Kier alpha value is -10.4. The van der Waals surface area contributed by atoms with Gasteiger partial charge >= 0.3 is 0 Å². The average molecular weight is 1030 g/mol. The molecule has 0 fully saturated rings. The summed E-state index contributed by atoms with van der Waals surface area (Å²) in [6, 6.07) is 21.4. The number of pyridine rings is 1. The molecular weight excluding hydrogens is 953 g/mol. The van der Waals surface area contributed by atoms with Crippen molar-refractivity contribution in [1.29, 1.82) is 0 Å². The summed E-state index contributed by atoms with van der Waals surface area (Å²) in [6.45, 7) is -0.0502. The Morgan fingerprint density at radius 1 is 0.372 bits per heavy atom. The molecule has 0 spiro atoms. The largest absolute Gasteiger partial charge is 0.457 e. The molecule has 0 aliphatic carbocycles. The van der Waals surface area contributed by atoms with Crippen molar-refractivity contribution in [3.63, 3.8) is 0 Å². The summed E-state index contributed by atoms with van der Waals surface area (Å²) in [6.07, 6.45) is 1.40. The fraction of sp³-hybridized carbons (Fsp3) is 0.0139. The number of benzene rings is 11. The van der Waals surface area contributed by atoms with Crippen LogP contribution >= 0.6 is 0 Å². The first-order valence-electron chi connectivity index (χ1n) is 36.8. The van der Waals surface area contributed by atoms with Gasteiger partial charge in [0.05, 0.1) is 62.4 Å². The van der Waals surface area contributed by atoms with Gasteiger partial charge in [0.25, 0.3) is 0 Å². The molecule has 0 radical (unpaired) electrons. The van der Waals surface area contributed by atoms with Crippen molar-refractivity contribution in [3.05, 3.63) is 291 Å². The molecule has 6 nitrogen and oxygen atoms in total. The van der Waals surface area contributed by atoms with E-state index >= 15 is 0 Å². The lowest BCUT2D eigenvalue weighted by Gasteiger charge is -2.27. The summed E-state index contributed by atoms with van der Waals surface area (Å²) in [5.41, 5.74) is 2.02. The predicted octanol–water partition coefficient (Wildman–Crippen LogP) is 19.3. The van der Waals surface area contributed by atoms with E-state index in [1.54, 1.807) is 94.4 Å². The van der Waals surface area contributed by atoms with E-state index in [4.69, 9.17) is 48.7 Å². The molecule has 2 aromatic heterocycles. The summed E-state index contributed by atoms with van der Waals surface area (Å²) < 4.78 is 234. The second-order valence-electron chi connectivity index (χ2n) is 17.7. The second-order valence-corrected chi connectivity index (χ2v) is 17.7. The molecule has 370 valence electrons. The van der Waals surface area contributed by atoms with Crippen molar-refractivity contribution in [2.75, 3.05) is 16.5 Å². The van der Waals surface area contributed by atoms with E-state index in [1.807, 2.05) is 17.0 Å². The Balaban J connectivity index is 0.908. The first-order valence-corrected chi connectivity index (χ1v) is 24.3. The normalized spacial score (nSPS) is 16.5. The fourth-order valence-electron chi connectivity index (χ4n) is 9.86. The van der Waals surface area contributed by atoms with Crippen LogP contribution in [0.25, 0.3) is 83.3 Å². The molecule has 0 amide bonds. The molecule has 78 heavy (non-hydrogen) atoms. The van der Waals surface area contributed by atoms with Crippen LogP contribution in [0.2, 0.25) is 0 Å². The number of fused-ring (bicyclic) bond motifs is 4. The maximum absolute atomic E-state index is 9.13. The van der Waals surface area contributed by atoms with Gasteiger partial charge in [-0.05, 0) is 88.0 Å². The lowest BCUT2D eigenvalue weighted by molar-refractivity contribution is 0.483. The molecule has 13 aromatic rings. The van der Waals surface area contributed by atoms with Gasteiger partial charge in [0.1, 0.15) is 35.5 Å². The Morgan fingerprint density at radius 3 is 1.51 bits per heavy atom. The van der Waals surface area contributed by atoms with Crippen LogP contribution in [0.1, 0.15) is 34.3 Å². The monoisotopic (exact) mass is 1030 g/mol. The third-order valence-corrected chi connectivity index (χ3v) is 13.2. The van der Waals surface area contributed by atoms with Crippen molar-refractivity contribution in [3.8, 4) is 84.5 Å². The molecule has 1 aliphatic heterocycles. The van der Waals surface area contributed by atoms with E-state index in [1.165, 1.54) is 42.6 Å². The van der Waals surface area contributed by atoms with Crippen LogP contribution < -0.4 is 19.3 Å². The zero-order valence-electron chi connectivity index (χ0n) is 65.6. The Labute approximate surface area is 488 Å². The third-order valence-electron chi connectivity index (χ3n) is 13.2. The van der Waals surface area contributed by atoms with Crippen LogP contribution in [0.3, 0.4) is 0 Å². The van der Waals surface area contributed by atoms with Gasteiger partial charge in [-0.15, -0.1) is 0 Å². The molecular formula is C72H50N4O2. The topological polar surface area (TPSA) is 42.8 Å². The van der Waals surface area contributed by atoms with Crippen LogP contribution in [0.4, 0.5) is 22.7 Å². The lowest BCUT2D eigenvalue weighted by atomic mass is 9.95. The molecule has 0 unspecified atom stereocenters. The Morgan fingerprint density at radius 2 is 0.897 bits per heavy atom. The minimum Gasteiger partial charge on any atom is -0.457 e. The first kappa shape index (κ1) is 26.9. The fourth-order valence-corrected chi connectivity index (χ4v) is 9.86. The summed E-state index contributed by atoms with van der Waals surface area (Å²) in [4.78, 5) is 8.51. The average Bonchev–Trinajstić information content (AvgIpc) is 1.70. The molecule has 6 heteroatoms. The van der Waals surface area contributed by atoms with Crippen molar-refractivity contribution in [2.24, 2.45) is 0 Å². The molecule has 0 saturated heterocycles. The third kappa shape index (κ3) is 8.57. The molecule has 14 rings (SSSR count). The summed E-state index contributed by atoms with van der Waals surface area (Å²) in [7, 11) is 0. The standard InChI is InChI=1S/C72H50N4O2/c1-6-21-50(22-7-1)55-39-42-66-65(45-55)64-41-40-58(47-69(64)76(66)70-48-59(43-44-73-70)78-72-62(53-27-12-4-13-28-53)35-20-36-63(72)54-29-14-5-15-30-54)77-57-32-18-31-56(46-57)74-49-75(68-38-17-16-37-67(68)74)71-60(51-23-8-2-9-24-51)33-19-34-61(71)52-25-10-3-11-26-52/h1-48H,49H2/i1D,2D,3D,4D,5D,6D,7D,8D,9D,10D,11D,12D,13D,14D,15D,21D,22D,23D,24D,25D,26D,27D,28D,29D,30D. The van der Waals surface area contributed by atoms with Gasteiger partial charge in [-0.2, -0.15) is 0 Å². The van der Waals surface area contributed by atoms with Gasteiger partial charge in [-0.1, -0.05) is 212 Å².